The fraction of sp³-hybridized carbons (Fsp3) is 0.217. The van der Waals surface area contributed by atoms with E-state index in [9.17, 15) is 14.4 Å². The molecule has 0 saturated heterocycles. The van der Waals surface area contributed by atoms with E-state index in [-0.39, 0.29) is 18.1 Å². The third-order valence-electron chi connectivity index (χ3n) is 4.69. The predicted molar refractivity (Wildman–Crippen MR) is 122 cm³/mol. The van der Waals surface area contributed by atoms with Gasteiger partial charge in [-0.05, 0) is 42.7 Å². The van der Waals surface area contributed by atoms with Crippen LogP contribution in [0.4, 0.5) is 11.4 Å². The van der Waals surface area contributed by atoms with Crippen molar-refractivity contribution in [2.75, 3.05) is 10.6 Å². The summed E-state index contributed by atoms with van der Waals surface area (Å²) < 4.78 is 1.04. The molecule has 2 N–H and O–H groups in total. The van der Waals surface area contributed by atoms with Crippen LogP contribution in [0.3, 0.4) is 0 Å². The standard InChI is InChI=1S/C23H23ClN4O3/c1-4-16-6-8-17(9-7-16)20-12-21(25-15(3)29)23(31)28(27-20)13-22(30)26-18-10-5-14(2)19(24)11-18/h5-12H,4,13H2,1-3H3,(H,25,29)(H,26,30). The van der Waals surface area contributed by atoms with Gasteiger partial charge in [0, 0.05) is 23.2 Å². The highest BCUT2D eigenvalue weighted by molar-refractivity contribution is 6.31. The zero-order valence-corrected chi connectivity index (χ0v) is 18.3. The number of rotatable bonds is 6. The molecule has 1 aromatic heterocycles. The first-order valence-corrected chi connectivity index (χ1v) is 10.2. The zero-order valence-electron chi connectivity index (χ0n) is 17.5. The number of nitrogens with zero attached hydrogens (tertiary/aromatic N) is 2. The van der Waals surface area contributed by atoms with Gasteiger partial charge < -0.3 is 10.6 Å². The van der Waals surface area contributed by atoms with E-state index in [1.54, 1.807) is 18.2 Å². The molecule has 8 heteroatoms. The Kier molecular flexibility index (Phi) is 6.87. The van der Waals surface area contributed by atoms with Crippen molar-refractivity contribution < 1.29 is 9.59 Å². The summed E-state index contributed by atoms with van der Waals surface area (Å²) in [5.74, 6) is -0.831. The lowest BCUT2D eigenvalue weighted by molar-refractivity contribution is -0.117. The molecule has 0 atom stereocenters. The molecule has 0 saturated carbocycles. The summed E-state index contributed by atoms with van der Waals surface area (Å²) in [6.07, 6.45) is 0.896. The molecule has 1 heterocycles. The van der Waals surface area contributed by atoms with Crippen LogP contribution >= 0.6 is 11.6 Å². The normalized spacial score (nSPS) is 10.6. The fourth-order valence-electron chi connectivity index (χ4n) is 2.99. The second-order valence-electron chi connectivity index (χ2n) is 7.15. The molecule has 0 aliphatic rings. The van der Waals surface area contributed by atoms with Crippen molar-refractivity contribution in [2.45, 2.75) is 33.7 Å². The molecule has 0 bridgehead atoms. The third-order valence-corrected chi connectivity index (χ3v) is 5.10. The van der Waals surface area contributed by atoms with Crippen LogP contribution in [0, 0.1) is 6.92 Å². The lowest BCUT2D eigenvalue weighted by Crippen LogP contribution is -2.32. The lowest BCUT2D eigenvalue weighted by atomic mass is 10.1. The van der Waals surface area contributed by atoms with Crippen LogP contribution in [0.2, 0.25) is 5.02 Å². The maximum absolute atomic E-state index is 12.8. The molecule has 2 aromatic carbocycles. The Morgan fingerprint density at radius 2 is 1.77 bits per heavy atom. The van der Waals surface area contributed by atoms with Gasteiger partial charge in [0.25, 0.3) is 5.56 Å². The number of halogens is 1. The molecule has 0 radical (unpaired) electrons. The Balaban J connectivity index is 1.93. The van der Waals surface area contributed by atoms with Gasteiger partial charge in [-0.1, -0.05) is 48.9 Å². The van der Waals surface area contributed by atoms with Gasteiger partial charge in [0.2, 0.25) is 11.8 Å². The van der Waals surface area contributed by atoms with Crippen molar-refractivity contribution in [3.05, 3.63) is 75.0 Å². The van der Waals surface area contributed by atoms with Crippen LogP contribution in [-0.2, 0) is 22.6 Å². The van der Waals surface area contributed by atoms with Crippen LogP contribution in [0.5, 0.6) is 0 Å². The van der Waals surface area contributed by atoms with E-state index in [2.05, 4.69) is 22.7 Å². The molecule has 2 amide bonds. The summed E-state index contributed by atoms with van der Waals surface area (Å²) in [6, 6.07) is 14.4. The number of nitrogens with one attached hydrogen (secondary N) is 2. The number of amides is 2. The van der Waals surface area contributed by atoms with Crippen molar-refractivity contribution in [3.8, 4) is 11.3 Å². The summed E-state index contributed by atoms with van der Waals surface area (Å²) in [4.78, 5) is 36.9. The summed E-state index contributed by atoms with van der Waals surface area (Å²) in [6.45, 7) is 4.91. The minimum Gasteiger partial charge on any atom is -0.324 e. The van der Waals surface area contributed by atoms with Gasteiger partial charge in [0.1, 0.15) is 12.2 Å². The number of hydrogen-bond donors (Lipinski definition) is 2. The lowest BCUT2D eigenvalue weighted by Gasteiger charge is -2.12. The quantitative estimate of drug-likeness (QED) is 0.607. The van der Waals surface area contributed by atoms with Crippen LogP contribution in [0.25, 0.3) is 11.3 Å². The first kappa shape index (κ1) is 22.2. The summed E-state index contributed by atoms with van der Waals surface area (Å²) in [5, 5.41) is 10.1. The van der Waals surface area contributed by atoms with E-state index < -0.39 is 11.5 Å². The largest absolute Gasteiger partial charge is 0.324 e. The maximum Gasteiger partial charge on any atom is 0.291 e. The maximum atomic E-state index is 12.8. The first-order valence-electron chi connectivity index (χ1n) is 9.82. The Morgan fingerprint density at radius 3 is 2.39 bits per heavy atom. The highest BCUT2D eigenvalue weighted by Gasteiger charge is 2.14. The number of benzene rings is 2. The number of aromatic nitrogens is 2. The average Bonchev–Trinajstić information content (AvgIpc) is 2.73. The van der Waals surface area contributed by atoms with Crippen molar-refractivity contribution in [3.63, 3.8) is 0 Å². The van der Waals surface area contributed by atoms with Gasteiger partial charge in [-0.2, -0.15) is 5.10 Å². The minimum atomic E-state index is -0.568. The van der Waals surface area contributed by atoms with Crippen LogP contribution in [0.15, 0.2) is 53.3 Å². The Morgan fingerprint density at radius 1 is 1.06 bits per heavy atom. The van der Waals surface area contributed by atoms with E-state index in [1.807, 2.05) is 31.2 Å². The number of aryl methyl sites for hydroxylation is 2. The molecule has 3 rings (SSSR count). The fourth-order valence-corrected chi connectivity index (χ4v) is 3.17. The topological polar surface area (TPSA) is 93.1 Å². The van der Waals surface area contributed by atoms with E-state index in [1.165, 1.54) is 13.0 Å². The molecule has 0 unspecified atom stereocenters. The summed E-state index contributed by atoms with van der Waals surface area (Å²) in [5.41, 5.74) is 3.29. The first-order chi connectivity index (χ1) is 14.8. The van der Waals surface area contributed by atoms with Crippen LogP contribution in [0.1, 0.15) is 25.0 Å². The predicted octanol–water partition coefficient (Wildman–Crippen LogP) is 4.03. The Hall–Kier alpha value is -3.45. The molecule has 0 fully saturated rings. The van der Waals surface area contributed by atoms with Crippen molar-refractivity contribution in [1.29, 1.82) is 0 Å². The van der Waals surface area contributed by atoms with Gasteiger partial charge in [-0.25, -0.2) is 4.68 Å². The third kappa shape index (κ3) is 5.58. The second kappa shape index (κ2) is 9.57. The average molecular weight is 439 g/mol. The van der Waals surface area contributed by atoms with E-state index in [0.29, 0.717) is 16.4 Å². The summed E-state index contributed by atoms with van der Waals surface area (Å²) >= 11 is 6.10. The van der Waals surface area contributed by atoms with Crippen molar-refractivity contribution in [1.82, 2.24) is 9.78 Å². The highest BCUT2D eigenvalue weighted by atomic mass is 35.5. The highest BCUT2D eigenvalue weighted by Crippen LogP contribution is 2.21. The SMILES string of the molecule is CCc1ccc(-c2cc(NC(C)=O)c(=O)n(CC(=O)Nc3ccc(C)c(Cl)c3)n2)cc1. The number of anilines is 2. The van der Waals surface area contributed by atoms with Crippen LogP contribution in [-0.4, -0.2) is 21.6 Å². The molecule has 160 valence electrons. The van der Waals surface area contributed by atoms with Crippen molar-refractivity contribution >= 4 is 34.8 Å². The smallest absolute Gasteiger partial charge is 0.291 e. The second-order valence-corrected chi connectivity index (χ2v) is 7.56. The molecular formula is C23H23ClN4O3. The Bertz CT molecular complexity index is 1190. The molecule has 0 aliphatic carbocycles. The summed E-state index contributed by atoms with van der Waals surface area (Å²) in [7, 11) is 0. The monoisotopic (exact) mass is 438 g/mol. The van der Waals surface area contributed by atoms with Gasteiger partial charge >= 0.3 is 0 Å². The zero-order chi connectivity index (χ0) is 22.5. The van der Waals surface area contributed by atoms with E-state index in [4.69, 9.17) is 11.6 Å². The molecule has 0 spiro atoms. The molecule has 7 nitrogen and oxygen atoms in total. The Labute approximate surface area is 185 Å². The van der Waals surface area contributed by atoms with Gasteiger partial charge in [0.15, 0.2) is 0 Å². The van der Waals surface area contributed by atoms with E-state index in [0.717, 1.165) is 27.8 Å². The number of hydrogen-bond acceptors (Lipinski definition) is 4. The molecule has 3 aromatic rings. The van der Waals surface area contributed by atoms with Gasteiger partial charge in [-0.15, -0.1) is 0 Å². The molecular weight excluding hydrogens is 416 g/mol. The van der Waals surface area contributed by atoms with Gasteiger partial charge in [-0.3, -0.25) is 14.4 Å². The van der Waals surface area contributed by atoms with Crippen molar-refractivity contribution in [2.24, 2.45) is 0 Å². The number of carbonyl (C=O) groups excluding carboxylic acids is 2. The number of carbonyl (C=O) groups is 2. The molecule has 0 aliphatic heterocycles. The van der Waals surface area contributed by atoms with Crippen LogP contribution < -0.4 is 16.2 Å². The van der Waals surface area contributed by atoms with Gasteiger partial charge in [0.05, 0.1) is 5.69 Å². The molecule has 31 heavy (non-hydrogen) atoms. The minimum absolute atomic E-state index is 0.0586. The van der Waals surface area contributed by atoms with E-state index >= 15 is 0 Å².